The number of likely N-dealkylation sites (N-methyl/N-ethyl adjacent to an activating group) is 1. The van der Waals surface area contributed by atoms with Gasteiger partial charge in [-0.25, -0.2) is 9.18 Å². The molecule has 4 heterocycles. The summed E-state index contributed by atoms with van der Waals surface area (Å²) in [5.41, 5.74) is 2.20. The van der Waals surface area contributed by atoms with Crippen LogP contribution in [0.5, 0.6) is 0 Å². The van der Waals surface area contributed by atoms with Gasteiger partial charge in [-0.3, -0.25) is 9.58 Å². The van der Waals surface area contributed by atoms with Crippen LogP contribution in [0.1, 0.15) is 23.2 Å². The van der Waals surface area contributed by atoms with Crippen LogP contribution in [0, 0.1) is 0 Å². The Morgan fingerprint density at radius 1 is 1.23 bits per heavy atom. The number of benzene rings is 1. The Kier molecular flexibility index (Phi) is 5.04. The second-order valence-electron chi connectivity index (χ2n) is 8.09. The van der Waals surface area contributed by atoms with Gasteiger partial charge in [-0.1, -0.05) is 18.2 Å². The smallest absolute Gasteiger partial charge is 0.340 e. The van der Waals surface area contributed by atoms with Crippen molar-refractivity contribution in [2.75, 3.05) is 26.9 Å². The molecule has 0 spiro atoms. The van der Waals surface area contributed by atoms with E-state index in [0.29, 0.717) is 18.8 Å². The Labute approximate surface area is 174 Å². The predicted octanol–water partition coefficient (Wildman–Crippen LogP) is 2.81. The second-order valence-corrected chi connectivity index (χ2v) is 8.09. The van der Waals surface area contributed by atoms with Crippen LogP contribution in [0.2, 0.25) is 0 Å². The Morgan fingerprint density at radius 2 is 2.00 bits per heavy atom. The quantitative estimate of drug-likeness (QED) is 0.603. The SMILES string of the molecule is CN1[C@@H]2COC[C@H]1C[C@@H](OC(=O)c1cn(-c3cnn(CCF)c3)c3ccccc13)C2. The topological polar surface area (TPSA) is 61.5 Å². The number of para-hydroxylation sites is 1. The summed E-state index contributed by atoms with van der Waals surface area (Å²) in [6, 6.07) is 8.29. The first-order valence-corrected chi connectivity index (χ1v) is 10.3. The minimum absolute atomic E-state index is 0.109. The van der Waals surface area contributed by atoms with E-state index in [1.54, 1.807) is 23.3 Å². The van der Waals surface area contributed by atoms with E-state index in [-0.39, 0.29) is 30.7 Å². The summed E-state index contributed by atoms with van der Waals surface area (Å²) in [6.07, 6.45) is 6.71. The zero-order valence-electron chi connectivity index (χ0n) is 16.9. The predicted molar refractivity (Wildman–Crippen MR) is 110 cm³/mol. The van der Waals surface area contributed by atoms with Crippen molar-refractivity contribution in [3.63, 3.8) is 0 Å². The molecule has 0 unspecified atom stereocenters. The Hall–Kier alpha value is -2.71. The fourth-order valence-corrected chi connectivity index (χ4v) is 4.60. The van der Waals surface area contributed by atoms with Crippen molar-refractivity contribution in [1.29, 1.82) is 0 Å². The van der Waals surface area contributed by atoms with Crippen LogP contribution in [0.25, 0.3) is 16.6 Å². The van der Waals surface area contributed by atoms with E-state index in [1.165, 1.54) is 0 Å². The second kappa shape index (κ2) is 7.85. The molecule has 3 atom stereocenters. The zero-order chi connectivity index (χ0) is 20.7. The van der Waals surface area contributed by atoms with Gasteiger partial charge in [0.05, 0.1) is 42.7 Å². The molecular weight excluding hydrogens is 387 g/mol. The van der Waals surface area contributed by atoms with E-state index < -0.39 is 6.67 Å². The molecule has 2 saturated heterocycles. The molecule has 1 aromatic carbocycles. The van der Waals surface area contributed by atoms with Crippen LogP contribution in [-0.2, 0) is 16.0 Å². The number of esters is 1. The van der Waals surface area contributed by atoms with Gasteiger partial charge < -0.3 is 14.0 Å². The molecule has 158 valence electrons. The number of piperidine rings is 1. The van der Waals surface area contributed by atoms with Crippen molar-refractivity contribution in [3.05, 3.63) is 48.4 Å². The number of morpholine rings is 1. The number of aryl methyl sites for hydroxylation is 1. The molecule has 2 bridgehead atoms. The van der Waals surface area contributed by atoms with E-state index in [2.05, 4.69) is 17.0 Å². The molecule has 0 radical (unpaired) electrons. The first-order valence-electron chi connectivity index (χ1n) is 10.3. The average Bonchev–Trinajstić information content (AvgIpc) is 3.34. The van der Waals surface area contributed by atoms with Crippen molar-refractivity contribution >= 4 is 16.9 Å². The molecule has 0 N–H and O–H groups in total. The molecule has 2 aromatic heterocycles. The molecule has 30 heavy (non-hydrogen) atoms. The molecular formula is C22H25FN4O3. The molecule has 7 nitrogen and oxygen atoms in total. The summed E-state index contributed by atoms with van der Waals surface area (Å²) in [5.74, 6) is -0.311. The number of hydrogen-bond acceptors (Lipinski definition) is 5. The lowest BCUT2D eigenvalue weighted by Gasteiger charge is -2.46. The molecule has 2 aliphatic rings. The fourth-order valence-electron chi connectivity index (χ4n) is 4.60. The number of carbonyl (C=O) groups excluding carboxylic acids is 1. The summed E-state index contributed by atoms with van der Waals surface area (Å²) in [5, 5.41) is 5.03. The number of ether oxygens (including phenoxy) is 2. The van der Waals surface area contributed by atoms with Crippen LogP contribution in [0.3, 0.4) is 0 Å². The van der Waals surface area contributed by atoms with Crippen LogP contribution < -0.4 is 0 Å². The lowest BCUT2D eigenvalue weighted by atomic mass is 9.92. The molecule has 0 amide bonds. The van der Waals surface area contributed by atoms with Crippen molar-refractivity contribution in [2.24, 2.45) is 0 Å². The molecule has 5 rings (SSSR count). The number of rotatable bonds is 5. The molecule has 2 fully saturated rings. The molecule has 0 aliphatic carbocycles. The maximum atomic E-state index is 13.1. The lowest BCUT2D eigenvalue weighted by molar-refractivity contribution is -0.0970. The standard InChI is InChI=1S/C22H25FN4O3/c1-25-15-8-18(9-16(25)14-29-13-15)30-22(28)20-12-27(21-5-3-2-4-19(20)21)17-10-24-26(11-17)7-6-23/h2-5,10-12,15-16,18H,6-9,13-14H2,1H3/t15-,16+,18-. The zero-order valence-corrected chi connectivity index (χ0v) is 16.9. The van der Waals surface area contributed by atoms with Crippen LogP contribution in [0.4, 0.5) is 4.39 Å². The summed E-state index contributed by atoms with van der Waals surface area (Å²) >= 11 is 0. The minimum Gasteiger partial charge on any atom is -0.459 e. The van der Waals surface area contributed by atoms with Crippen LogP contribution in [-0.4, -0.2) is 70.3 Å². The largest absolute Gasteiger partial charge is 0.459 e. The highest BCUT2D eigenvalue weighted by Crippen LogP contribution is 2.30. The van der Waals surface area contributed by atoms with Gasteiger partial charge in [0, 0.05) is 42.7 Å². The van der Waals surface area contributed by atoms with Crippen LogP contribution in [0.15, 0.2) is 42.9 Å². The Bertz CT molecular complexity index is 1050. The number of hydrogen-bond donors (Lipinski definition) is 0. The summed E-state index contributed by atoms with van der Waals surface area (Å²) < 4.78 is 27.7. The van der Waals surface area contributed by atoms with Crippen LogP contribution >= 0.6 is 0 Å². The molecule has 8 heteroatoms. The van der Waals surface area contributed by atoms with Gasteiger partial charge in [-0.05, 0) is 13.1 Å². The van der Waals surface area contributed by atoms with Crippen molar-refractivity contribution in [3.8, 4) is 5.69 Å². The van der Waals surface area contributed by atoms with Gasteiger partial charge in [0.25, 0.3) is 0 Å². The van der Waals surface area contributed by atoms with Gasteiger partial charge in [0.2, 0.25) is 0 Å². The molecule has 0 saturated carbocycles. The minimum atomic E-state index is -0.477. The first kappa shape index (κ1) is 19.3. The Balaban J connectivity index is 1.42. The van der Waals surface area contributed by atoms with Crippen molar-refractivity contribution < 1.29 is 18.7 Å². The molecule has 2 aliphatic heterocycles. The maximum Gasteiger partial charge on any atom is 0.340 e. The summed E-state index contributed by atoms with van der Waals surface area (Å²) in [7, 11) is 2.12. The lowest BCUT2D eigenvalue weighted by Crippen LogP contribution is -2.56. The normalized spacial score (nSPS) is 24.3. The van der Waals surface area contributed by atoms with E-state index >= 15 is 0 Å². The highest BCUT2D eigenvalue weighted by atomic mass is 19.1. The van der Waals surface area contributed by atoms with Gasteiger partial charge in [0.15, 0.2) is 0 Å². The van der Waals surface area contributed by atoms with Gasteiger partial charge in [0.1, 0.15) is 12.8 Å². The van der Waals surface area contributed by atoms with E-state index in [1.807, 2.05) is 28.8 Å². The fraction of sp³-hybridized carbons (Fsp3) is 0.455. The van der Waals surface area contributed by atoms with Crippen molar-refractivity contribution in [1.82, 2.24) is 19.2 Å². The third-order valence-electron chi connectivity index (χ3n) is 6.26. The average molecular weight is 412 g/mol. The highest BCUT2D eigenvalue weighted by molar-refractivity contribution is 6.05. The molecule has 3 aromatic rings. The first-order chi connectivity index (χ1) is 14.6. The van der Waals surface area contributed by atoms with Crippen molar-refractivity contribution in [2.45, 2.75) is 37.6 Å². The number of aromatic nitrogens is 3. The third-order valence-corrected chi connectivity index (χ3v) is 6.26. The van der Waals surface area contributed by atoms with Gasteiger partial charge in [-0.2, -0.15) is 5.10 Å². The number of nitrogens with zero attached hydrogens (tertiary/aromatic N) is 4. The highest BCUT2D eigenvalue weighted by Gasteiger charge is 2.38. The monoisotopic (exact) mass is 412 g/mol. The van der Waals surface area contributed by atoms with Gasteiger partial charge >= 0.3 is 5.97 Å². The van der Waals surface area contributed by atoms with Gasteiger partial charge in [-0.15, -0.1) is 0 Å². The van der Waals surface area contributed by atoms with E-state index in [0.717, 1.165) is 29.4 Å². The number of fused-ring (bicyclic) bond motifs is 3. The third kappa shape index (κ3) is 3.40. The van der Waals surface area contributed by atoms with E-state index in [4.69, 9.17) is 9.47 Å². The maximum absolute atomic E-state index is 13.1. The number of halogens is 1. The van der Waals surface area contributed by atoms with E-state index in [9.17, 15) is 9.18 Å². The summed E-state index contributed by atoms with van der Waals surface area (Å²) in [6.45, 7) is 1.09. The number of carbonyl (C=O) groups is 1. The Morgan fingerprint density at radius 3 is 2.77 bits per heavy atom. The summed E-state index contributed by atoms with van der Waals surface area (Å²) in [4.78, 5) is 15.5. The number of alkyl halides is 1.